The van der Waals surface area contributed by atoms with Crippen molar-refractivity contribution >= 4 is 16.7 Å². The topological polar surface area (TPSA) is 48.4 Å². The van der Waals surface area contributed by atoms with Gasteiger partial charge in [-0.25, -0.2) is 9.78 Å². The summed E-state index contributed by atoms with van der Waals surface area (Å²) in [5.41, 5.74) is 6.96. The number of carbonyl (C=O) groups excluding carboxylic acids is 1. The van der Waals surface area contributed by atoms with Crippen LogP contribution < -0.4 is 4.74 Å². The SMILES string of the molecule is CCOC(=O)c1cc2cc(OC)cc3c2c(n1)[C@@]1(c2ccccc2)c2ccccc2[C@H](c2ccccc2)[C@H]1C3. The molecular weight excluding hydrogens is 482 g/mol. The Balaban J connectivity index is 1.64. The average molecular weight is 512 g/mol. The molecule has 39 heavy (non-hydrogen) atoms. The van der Waals surface area contributed by atoms with Crippen LogP contribution in [0, 0.1) is 5.92 Å². The standard InChI is InChI=1S/C35H29NO3/c1-3-39-34(37)30-21-24-19-26(38-2)18-23-20-29-32(22-12-6-4-7-13-22)27-16-10-11-17-28(27)35(29,33(36-30)31(23)24)25-14-8-5-9-15-25/h4-19,21,29,32H,3,20H2,1-2H3/t29-,32+,35+/m1/s1. The zero-order valence-corrected chi connectivity index (χ0v) is 22.1. The Morgan fingerprint density at radius 1 is 0.923 bits per heavy atom. The second-order valence-corrected chi connectivity index (χ2v) is 10.4. The summed E-state index contributed by atoms with van der Waals surface area (Å²) in [5.74, 6) is 0.678. The van der Waals surface area contributed by atoms with Crippen LogP contribution in [0.25, 0.3) is 10.8 Å². The number of esters is 1. The quantitative estimate of drug-likeness (QED) is 0.237. The van der Waals surface area contributed by atoms with Crippen LogP contribution in [0.15, 0.2) is 103 Å². The third-order valence-corrected chi connectivity index (χ3v) is 8.59. The van der Waals surface area contributed by atoms with Crippen molar-refractivity contribution in [3.8, 4) is 5.75 Å². The van der Waals surface area contributed by atoms with Gasteiger partial charge in [-0.15, -0.1) is 0 Å². The molecule has 2 aliphatic rings. The second-order valence-electron chi connectivity index (χ2n) is 10.4. The Kier molecular flexibility index (Phi) is 5.52. The molecule has 4 nitrogen and oxygen atoms in total. The summed E-state index contributed by atoms with van der Waals surface area (Å²) in [5, 5.41) is 2.05. The van der Waals surface area contributed by atoms with Crippen LogP contribution in [0.2, 0.25) is 0 Å². The van der Waals surface area contributed by atoms with E-state index in [1.54, 1.807) is 7.11 Å². The van der Waals surface area contributed by atoms with E-state index in [1.165, 1.54) is 27.8 Å². The molecular formula is C35H29NO3. The molecule has 0 spiro atoms. The molecule has 4 heteroatoms. The number of ether oxygens (including phenoxy) is 2. The molecule has 4 aromatic carbocycles. The largest absolute Gasteiger partial charge is 0.497 e. The van der Waals surface area contributed by atoms with Gasteiger partial charge in [-0.3, -0.25) is 0 Å². The summed E-state index contributed by atoms with van der Waals surface area (Å²) >= 11 is 0. The monoisotopic (exact) mass is 511 g/mol. The van der Waals surface area contributed by atoms with Gasteiger partial charge in [0, 0.05) is 11.3 Å². The average Bonchev–Trinajstić information content (AvgIpc) is 3.29. The number of fused-ring (bicyclic) bond motifs is 4. The first-order chi connectivity index (χ1) is 19.2. The van der Waals surface area contributed by atoms with Gasteiger partial charge in [-0.2, -0.15) is 0 Å². The van der Waals surface area contributed by atoms with Crippen molar-refractivity contribution in [2.75, 3.05) is 13.7 Å². The van der Waals surface area contributed by atoms with E-state index in [0.29, 0.717) is 12.3 Å². The maximum Gasteiger partial charge on any atom is 0.356 e. The zero-order chi connectivity index (χ0) is 26.6. The molecule has 0 saturated carbocycles. The number of hydrogen-bond donors (Lipinski definition) is 0. The van der Waals surface area contributed by atoms with E-state index in [9.17, 15) is 4.79 Å². The summed E-state index contributed by atoms with van der Waals surface area (Å²) in [7, 11) is 1.69. The third-order valence-electron chi connectivity index (χ3n) is 8.59. The van der Waals surface area contributed by atoms with Crippen LogP contribution in [-0.4, -0.2) is 24.7 Å². The number of nitrogens with zero attached hydrogens (tertiary/aromatic N) is 1. The lowest BCUT2D eigenvalue weighted by Gasteiger charge is -2.43. The summed E-state index contributed by atoms with van der Waals surface area (Å²) in [6.45, 7) is 2.12. The summed E-state index contributed by atoms with van der Waals surface area (Å²) < 4.78 is 11.2. The van der Waals surface area contributed by atoms with Crippen LogP contribution >= 0.6 is 0 Å². The Morgan fingerprint density at radius 3 is 2.38 bits per heavy atom. The molecule has 1 aromatic heterocycles. The van der Waals surface area contributed by atoms with Crippen molar-refractivity contribution in [2.24, 2.45) is 5.92 Å². The highest BCUT2D eigenvalue weighted by atomic mass is 16.5. The smallest absolute Gasteiger partial charge is 0.356 e. The minimum atomic E-state index is -0.541. The van der Waals surface area contributed by atoms with Gasteiger partial charge >= 0.3 is 5.97 Å². The number of rotatable bonds is 5. The second kappa shape index (κ2) is 9.09. The van der Waals surface area contributed by atoms with Crippen molar-refractivity contribution in [1.29, 1.82) is 0 Å². The highest BCUT2D eigenvalue weighted by Gasteiger charge is 2.57. The number of methoxy groups -OCH3 is 1. The van der Waals surface area contributed by atoms with Gasteiger partial charge in [-0.1, -0.05) is 84.9 Å². The van der Waals surface area contributed by atoms with Gasteiger partial charge in [0.05, 0.1) is 24.8 Å². The van der Waals surface area contributed by atoms with Gasteiger partial charge in [0.15, 0.2) is 0 Å². The van der Waals surface area contributed by atoms with Gasteiger partial charge < -0.3 is 9.47 Å². The Labute approximate surface area is 228 Å². The van der Waals surface area contributed by atoms with Gasteiger partial charge in [0.1, 0.15) is 11.4 Å². The molecule has 7 rings (SSSR count). The van der Waals surface area contributed by atoms with Crippen molar-refractivity contribution in [2.45, 2.75) is 24.7 Å². The molecule has 3 atom stereocenters. The summed E-state index contributed by atoms with van der Waals surface area (Å²) in [6.07, 6.45) is 0.851. The molecule has 0 radical (unpaired) electrons. The summed E-state index contributed by atoms with van der Waals surface area (Å²) in [4.78, 5) is 18.4. The third kappa shape index (κ3) is 3.37. The fraction of sp³-hybridized carbons (Fsp3) is 0.200. The molecule has 0 saturated heterocycles. The highest BCUT2D eigenvalue weighted by Crippen LogP contribution is 2.63. The van der Waals surface area contributed by atoms with E-state index in [2.05, 4.69) is 91.0 Å². The molecule has 0 N–H and O–H groups in total. The molecule has 192 valence electrons. The number of hydrogen-bond acceptors (Lipinski definition) is 4. The van der Waals surface area contributed by atoms with Crippen molar-refractivity contribution < 1.29 is 14.3 Å². The van der Waals surface area contributed by atoms with Gasteiger partial charge in [0.2, 0.25) is 0 Å². The first-order valence-electron chi connectivity index (χ1n) is 13.6. The molecule has 0 aliphatic heterocycles. The maximum absolute atomic E-state index is 13.2. The van der Waals surface area contributed by atoms with E-state index in [-0.39, 0.29) is 11.8 Å². The molecule has 1 heterocycles. The minimum Gasteiger partial charge on any atom is -0.497 e. The molecule has 5 aromatic rings. The molecule has 0 amide bonds. The van der Waals surface area contributed by atoms with Gasteiger partial charge in [-0.05, 0) is 70.7 Å². The van der Waals surface area contributed by atoms with E-state index in [1.807, 2.05) is 19.1 Å². The van der Waals surface area contributed by atoms with Crippen molar-refractivity contribution in [1.82, 2.24) is 4.98 Å². The van der Waals surface area contributed by atoms with Crippen LogP contribution in [-0.2, 0) is 16.6 Å². The predicted octanol–water partition coefficient (Wildman–Crippen LogP) is 7.07. The maximum atomic E-state index is 13.2. The highest BCUT2D eigenvalue weighted by molar-refractivity contribution is 5.98. The van der Waals surface area contributed by atoms with Crippen LogP contribution in [0.5, 0.6) is 5.75 Å². The molecule has 2 aliphatic carbocycles. The lowest BCUT2D eigenvalue weighted by molar-refractivity contribution is 0.0519. The normalized spacial score (nSPS) is 20.8. The Bertz CT molecular complexity index is 1710. The Hall–Kier alpha value is -4.44. The van der Waals surface area contributed by atoms with E-state index >= 15 is 0 Å². The minimum absolute atomic E-state index is 0.146. The fourth-order valence-corrected chi connectivity index (χ4v) is 7.21. The van der Waals surface area contributed by atoms with Gasteiger partial charge in [0.25, 0.3) is 0 Å². The molecule has 0 bridgehead atoms. The van der Waals surface area contributed by atoms with Crippen molar-refractivity contribution in [3.05, 3.63) is 142 Å². The van der Waals surface area contributed by atoms with Crippen LogP contribution in [0.1, 0.15) is 56.8 Å². The Morgan fingerprint density at radius 2 is 1.64 bits per heavy atom. The lowest BCUT2D eigenvalue weighted by Crippen LogP contribution is -2.41. The van der Waals surface area contributed by atoms with Crippen LogP contribution in [0.3, 0.4) is 0 Å². The first-order valence-corrected chi connectivity index (χ1v) is 13.6. The fourth-order valence-electron chi connectivity index (χ4n) is 7.21. The molecule has 0 fully saturated rings. The lowest BCUT2D eigenvalue weighted by atomic mass is 9.59. The number of aromatic nitrogens is 1. The van der Waals surface area contributed by atoms with E-state index in [4.69, 9.17) is 14.5 Å². The number of carbonyl (C=O) groups is 1. The van der Waals surface area contributed by atoms with E-state index < -0.39 is 11.4 Å². The van der Waals surface area contributed by atoms with Crippen LogP contribution in [0.4, 0.5) is 0 Å². The molecule has 0 unspecified atom stereocenters. The van der Waals surface area contributed by atoms with E-state index in [0.717, 1.165) is 28.6 Å². The van der Waals surface area contributed by atoms with Crippen molar-refractivity contribution in [3.63, 3.8) is 0 Å². The summed E-state index contributed by atoms with van der Waals surface area (Å²) in [6, 6.07) is 36.3. The first kappa shape index (κ1) is 23.7. The predicted molar refractivity (Wildman–Crippen MR) is 152 cm³/mol. The number of benzene rings is 4. The number of pyridine rings is 1. The zero-order valence-electron chi connectivity index (χ0n) is 22.1.